The average molecular weight is 307 g/mol. The topological polar surface area (TPSA) is 57.4 Å². The predicted octanol–water partition coefficient (Wildman–Crippen LogP) is 1.31. The molecular formula is C16H29N5O. The molecule has 2 aliphatic heterocycles. The Morgan fingerprint density at radius 2 is 2.09 bits per heavy atom. The highest BCUT2D eigenvalue weighted by atomic mass is 16.5. The summed E-state index contributed by atoms with van der Waals surface area (Å²) in [6.45, 7) is 14.6. The van der Waals surface area contributed by atoms with Gasteiger partial charge in [-0.25, -0.2) is 0 Å². The fraction of sp³-hybridized carbons (Fsp3) is 0.875. The number of hydrogen-bond acceptors (Lipinski definition) is 6. The minimum atomic E-state index is 0.221. The number of piperazine rings is 1. The van der Waals surface area contributed by atoms with Crippen molar-refractivity contribution in [3.05, 3.63) is 11.7 Å². The molecule has 2 fully saturated rings. The molecule has 1 aromatic rings. The Hall–Kier alpha value is -0.980. The van der Waals surface area contributed by atoms with Crippen molar-refractivity contribution in [2.24, 2.45) is 5.41 Å². The van der Waals surface area contributed by atoms with Crippen molar-refractivity contribution in [2.75, 3.05) is 45.8 Å². The van der Waals surface area contributed by atoms with Crippen molar-refractivity contribution in [2.45, 2.75) is 39.7 Å². The normalized spacial score (nSPS) is 29.0. The third-order valence-corrected chi connectivity index (χ3v) is 5.17. The van der Waals surface area contributed by atoms with Crippen molar-refractivity contribution in [3.8, 4) is 0 Å². The highest BCUT2D eigenvalue weighted by Gasteiger charge is 2.33. The fourth-order valence-electron chi connectivity index (χ4n) is 3.59. The molecule has 0 bridgehead atoms. The van der Waals surface area contributed by atoms with Gasteiger partial charge < -0.3 is 14.7 Å². The Bertz CT molecular complexity index is 475. The Morgan fingerprint density at radius 1 is 1.32 bits per heavy atom. The number of nitrogens with zero attached hydrogens (tertiary/aromatic N) is 4. The number of hydrogen-bond donors (Lipinski definition) is 1. The molecule has 3 rings (SSSR count). The summed E-state index contributed by atoms with van der Waals surface area (Å²) in [6.07, 6.45) is 2.13. The minimum absolute atomic E-state index is 0.221. The van der Waals surface area contributed by atoms with Crippen molar-refractivity contribution < 1.29 is 4.52 Å². The first-order valence-corrected chi connectivity index (χ1v) is 8.59. The lowest BCUT2D eigenvalue weighted by atomic mass is 9.89. The van der Waals surface area contributed by atoms with E-state index in [1.165, 1.54) is 19.5 Å². The van der Waals surface area contributed by atoms with Gasteiger partial charge in [0.25, 0.3) is 0 Å². The van der Waals surface area contributed by atoms with Crippen LogP contribution >= 0.6 is 0 Å². The van der Waals surface area contributed by atoms with Crippen LogP contribution < -0.4 is 5.32 Å². The number of nitrogens with one attached hydrogen (secondary N) is 1. The van der Waals surface area contributed by atoms with Crippen molar-refractivity contribution in [3.63, 3.8) is 0 Å². The summed E-state index contributed by atoms with van der Waals surface area (Å²) >= 11 is 0. The monoisotopic (exact) mass is 307 g/mol. The van der Waals surface area contributed by atoms with Gasteiger partial charge >= 0.3 is 0 Å². The van der Waals surface area contributed by atoms with Crippen molar-refractivity contribution >= 4 is 0 Å². The second kappa shape index (κ2) is 6.64. The number of rotatable bonds is 5. The van der Waals surface area contributed by atoms with E-state index in [0.717, 1.165) is 50.9 Å². The van der Waals surface area contributed by atoms with Crippen LogP contribution in [-0.4, -0.2) is 65.8 Å². The molecule has 0 radical (unpaired) electrons. The van der Waals surface area contributed by atoms with E-state index < -0.39 is 0 Å². The van der Waals surface area contributed by atoms with E-state index in [4.69, 9.17) is 4.52 Å². The van der Waals surface area contributed by atoms with Gasteiger partial charge in [-0.1, -0.05) is 19.0 Å². The smallest absolute Gasteiger partial charge is 0.243 e. The first-order chi connectivity index (χ1) is 10.6. The van der Waals surface area contributed by atoms with Crippen LogP contribution in [0.25, 0.3) is 0 Å². The molecule has 2 unspecified atom stereocenters. The van der Waals surface area contributed by atoms with E-state index in [1.807, 2.05) is 0 Å². The summed E-state index contributed by atoms with van der Waals surface area (Å²) in [5.74, 6) is 1.57. The van der Waals surface area contributed by atoms with Gasteiger partial charge in [0.05, 0.1) is 6.04 Å². The molecule has 0 saturated carbocycles. The lowest BCUT2D eigenvalue weighted by Crippen LogP contribution is -2.50. The van der Waals surface area contributed by atoms with E-state index in [0.29, 0.717) is 5.41 Å². The van der Waals surface area contributed by atoms with E-state index in [1.54, 1.807) is 0 Å². The lowest BCUT2D eigenvalue weighted by molar-refractivity contribution is 0.0665. The second-order valence-corrected chi connectivity index (χ2v) is 7.13. The quantitative estimate of drug-likeness (QED) is 0.885. The number of aryl methyl sites for hydroxylation is 1. The molecule has 6 nitrogen and oxygen atoms in total. The van der Waals surface area contributed by atoms with Crippen LogP contribution in [0.1, 0.15) is 44.9 Å². The highest BCUT2D eigenvalue weighted by molar-refractivity contribution is 4.94. The summed E-state index contributed by atoms with van der Waals surface area (Å²) in [4.78, 5) is 9.55. The summed E-state index contributed by atoms with van der Waals surface area (Å²) in [5, 5.41) is 7.51. The molecule has 0 aromatic carbocycles. The molecule has 0 aliphatic carbocycles. The van der Waals surface area contributed by atoms with Gasteiger partial charge in [0, 0.05) is 45.7 Å². The highest BCUT2D eigenvalue weighted by Crippen LogP contribution is 2.27. The molecule has 22 heavy (non-hydrogen) atoms. The van der Waals surface area contributed by atoms with Crippen LogP contribution in [-0.2, 0) is 6.42 Å². The summed E-state index contributed by atoms with van der Waals surface area (Å²) in [5.41, 5.74) is 0.455. The molecule has 3 heterocycles. The number of aromatic nitrogens is 2. The van der Waals surface area contributed by atoms with E-state index >= 15 is 0 Å². The van der Waals surface area contributed by atoms with Crippen LogP contribution in [0.15, 0.2) is 4.52 Å². The zero-order valence-electron chi connectivity index (χ0n) is 14.1. The minimum Gasteiger partial charge on any atom is -0.338 e. The van der Waals surface area contributed by atoms with Crippen molar-refractivity contribution in [1.82, 2.24) is 25.3 Å². The van der Waals surface area contributed by atoms with E-state index in [9.17, 15) is 0 Å². The van der Waals surface area contributed by atoms with Gasteiger partial charge in [-0.2, -0.15) is 4.98 Å². The van der Waals surface area contributed by atoms with Gasteiger partial charge in [-0.15, -0.1) is 0 Å². The molecule has 2 saturated heterocycles. The Balaban J connectivity index is 1.50. The molecular weight excluding hydrogens is 278 g/mol. The molecule has 6 heteroatoms. The first kappa shape index (κ1) is 15.9. The summed E-state index contributed by atoms with van der Waals surface area (Å²) in [7, 11) is 0. The molecule has 124 valence electrons. The van der Waals surface area contributed by atoms with Gasteiger partial charge in [0.1, 0.15) is 0 Å². The van der Waals surface area contributed by atoms with E-state index in [2.05, 4.69) is 46.0 Å². The van der Waals surface area contributed by atoms with Crippen LogP contribution in [0.3, 0.4) is 0 Å². The van der Waals surface area contributed by atoms with Crippen LogP contribution in [0.4, 0.5) is 0 Å². The molecule has 0 spiro atoms. The maximum absolute atomic E-state index is 5.40. The molecule has 2 aliphatic rings. The average Bonchev–Trinajstić information content (AvgIpc) is 3.16. The molecule has 1 aromatic heterocycles. The molecule has 0 amide bonds. The predicted molar refractivity (Wildman–Crippen MR) is 85.7 cm³/mol. The largest absolute Gasteiger partial charge is 0.338 e. The Morgan fingerprint density at radius 3 is 2.68 bits per heavy atom. The summed E-state index contributed by atoms with van der Waals surface area (Å²) < 4.78 is 5.40. The SMILES string of the molecule is CCc1noc(C(C)N2CCN(CC3(C)CCNC3)CC2)n1. The molecule has 2 atom stereocenters. The van der Waals surface area contributed by atoms with Gasteiger partial charge in [0.2, 0.25) is 5.89 Å². The molecule has 1 N–H and O–H groups in total. The van der Waals surface area contributed by atoms with Crippen molar-refractivity contribution in [1.29, 1.82) is 0 Å². The van der Waals surface area contributed by atoms with Gasteiger partial charge in [0.15, 0.2) is 5.82 Å². The third-order valence-electron chi connectivity index (χ3n) is 5.17. The van der Waals surface area contributed by atoms with E-state index in [-0.39, 0.29) is 6.04 Å². The van der Waals surface area contributed by atoms with Gasteiger partial charge in [-0.05, 0) is 25.3 Å². The Kier molecular flexibility index (Phi) is 4.80. The zero-order valence-corrected chi connectivity index (χ0v) is 14.1. The maximum Gasteiger partial charge on any atom is 0.243 e. The Labute approximate surface area is 133 Å². The lowest BCUT2D eigenvalue weighted by Gasteiger charge is -2.40. The standard InChI is InChI=1S/C16H29N5O/c1-4-14-18-15(22-19-14)13(2)21-9-7-20(8-10-21)12-16(3)5-6-17-11-16/h13,17H,4-12H2,1-3H3. The van der Waals surface area contributed by atoms with Crippen LogP contribution in [0, 0.1) is 5.41 Å². The maximum atomic E-state index is 5.40. The fourth-order valence-corrected chi connectivity index (χ4v) is 3.59. The van der Waals surface area contributed by atoms with Crippen LogP contribution in [0.5, 0.6) is 0 Å². The third kappa shape index (κ3) is 3.50. The second-order valence-electron chi connectivity index (χ2n) is 7.13. The summed E-state index contributed by atoms with van der Waals surface area (Å²) in [6, 6.07) is 0.221. The zero-order chi connectivity index (χ0) is 15.6. The van der Waals surface area contributed by atoms with Gasteiger partial charge in [-0.3, -0.25) is 4.90 Å². The first-order valence-electron chi connectivity index (χ1n) is 8.59. The van der Waals surface area contributed by atoms with Crippen LogP contribution in [0.2, 0.25) is 0 Å².